The van der Waals surface area contributed by atoms with E-state index in [0.29, 0.717) is 17.0 Å². The maximum Gasteiger partial charge on any atom is 0.291 e. The van der Waals surface area contributed by atoms with E-state index in [1.807, 2.05) is 54.6 Å². The van der Waals surface area contributed by atoms with Gasteiger partial charge in [-0.05, 0) is 60.3 Å². The molecule has 0 saturated heterocycles. The molecule has 0 radical (unpaired) electrons. The molecule has 0 aliphatic carbocycles. The molecule has 3 N–H and O–H groups in total. The van der Waals surface area contributed by atoms with Crippen molar-refractivity contribution in [2.45, 2.75) is 0 Å². The van der Waals surface area contributed by atoms with Gasteiger partial charge in [-0.1, -0.05) is 48.5 Å². The van der Waals surface area contributed by atoms with Crippen molar-refractivity contribution in [3.05, 3.63) is 102 Å². The lowest BCUT2D eigenvalue weighted by molar-refractivity contribution is -0.115. The Hall–Kier alpha value is -4.23. The zero-order chi connectivity index (χ0) is 22.3. The lowest BCUT2D eigenvalue weighted by Crippen LogP contribution is -2.32. The minimum atomic E-state index is -0.338. The van der Waals surface area contributed by atoms with Crippen molar-refractivity contribution < 1.29 is 14.0 Å². The summed E-state index contributed by atoms with van der Waals surface area (Å²) in [5, 5.41) is 9.36. The van der Waals surface area contributed by atoms with Gasteiger partial charge in [-0.3, -0.25) is 14.9 Å². The number of furan rings is 1. The average Bonchev–Trinajstić information content (AvgIpc) is 3.24. The maximum atomic E-state index is 12.4. The van der Waals surface area contributed by atoms with Gasteiger partial charge in [0, 0.05) is 22.8 Å². The highest BCUT2D eigenvalue weighted by atomic mass is 32.1. The molecule has 3 aromatic carbocycles. The van der Waals surface area contributed by atoms with Gasteiger partial charge in [0.1, 0.15) is 5.58 Å². The molecule has 1 aromatic heterocycles. The van der Waals surface area contributed by atoms with Crippen LogP contribution in [0.4, 0.5) is 11.4 Å². The van der Waals surface area contributed by atoms with E-state index in [4.69, 9.17) is 16.6 Å². The third-order valence-corrected chi connectivity index (χ3v) is 4.72. The standard InChI is InChI=1S/C25H19N3O3S/c29-23(15-10-17-6-2-1-3-7-17)28-25(32)27-20-13-11-19(12-14-20)26-24(30)22-16-18-8-4-5-9-21(18)31-22/h1-16H,(H,26,30)(H2,27,28,29,32)/b15-10+. The zero-order valence-corrected chi connectivity index (χ0v) is 17.7. The van der Waals surface area contributed by atoms with Crippen molar-refractivity contribution in [2.75, 3.05) is 10.6 Å². The van der Waals surface area contributed by atoms with E-state index in [1.54, 1.807) is 36.4 Å². The lowest BCUT2D eigenvalue weighted by atomic mass is 10.2. The van der Waals surface area contributed by atoms with E-state index < -0.39 is 0 Å². The molecule has 0 atom stereocenters. The molecule has 1 heterocycles. The van der Waals surface area contributed by atoms with Crippen LogP contribution in [0.2, 0.25) is 0 Å². The predicted molar refractivity (Wildman–Crippen MR) is 130 cm³/mol. The first-order valence-corrected chi connectivity index (χ1v) is 10.2. The van der Waals surface area contributed by atoms with Crippen LogP contribution < -0.4 is 16.0 Å². The lowest BCUT2D eigenvalue weighted by Gasteiger charge is -2.09. The first-order valence-electron chi connectivity index (χ1n) is 9.82. The number of hydrogen-bond donors (Lipinski definition) is 3. The summed E-state index contributed by atoms with van der Waals surface area (Å²) >= 11 is 5.18. The zero-order valence-electron chi connectivity index (χ0n) is 16.9. The Labute approximate surface area is 189 Å². The number of carbonyl (C=O) groups excluding carboxylic acids is 2. The van der Waals surface area contributed by atoms with Crippen molar-refractivity contribution >= 4 is 57.6 Å². The molecule has 6 nitrogen and oxygen atoms in total. The molecule has 7 heteroatoms. The first kappa shape index (κ1) is 21.0. The minimum Gasteiger partial charge on any atom is -0.451 e. The van der Waals surface area contributed by atoms with Crippen molar-refractivity contribution in [1.29, 1.82) is 0 Å². The van der Waals surface area contributed by atoms with Crippen LogP contribution in [0.5, 0.6) is 0 Å². The summed E-state index contributed by atoms with van der Waals surface area (Å²) in [5.74, 6) is -0.434. The van der Waals surface area contributed by atoms with Crippen LogP contribution in [0.15, 0.2) is 95.4 Å². The Balaban J connectivity index is 1.30. The molecule has 0 fully saturated rings. The normalized spacial score (nSPS) is 10.8. The molecular formula is C25H19N3O3S. The summed E-state index contributed by atoms with van der Waals surface area (Å²) in [7, 11) is 0. The Morgan fingerprint density at radius 1 is 0.812 bits per heavy atom. The second kappa shape index (κ2) is 9.72. The summed E-state index contributed by atoms with van der Waals surface area (Å²) in [6.45, 7) is 0. The van der Waals surface area contributed by atoms with E-state index in [0.717, 1.165) is 10.9 Å². The number of nitrogens with one attached hydrogen (secondary N) is 3. The monoisotopic (exact) mass is 441 g/mol. The summed E-state index contributed by atoms with van der Waals surface area (Å²) in [6, 6.07) is 25.6. The fourth-order valence-corrected chi connectivity index (χ4v) is 3.19. The van der Waals surface area contributed by atoms with Crippen LogP contribution in [0, 0.1) is 0 Å². The number of fused-ring (bicyclic) bond motifs is 1. The second-order valence-corrected chi connectivity index (χ2v) is 7.28. The highest BCUT2D eigenvalue weighted by molar-refractivity contribution is 7.80. The van der Waals surface area contributed by atoms with Crippen molar-refractivity contribution in [2.24, 2.45) is 0 Å². The molecule has 32 heavy (non-hydrogen) atoms. The van der Waals surface area contributed by atoms with Gasteiger partial charge in [-0.15, -0.1) is 0 Å². The minimum absolute atomic E-state index is 0.173. The molecule has 2 amide bonds. The molecule has 0 aliphatic rings. The van der Waals surface area contributed by atoms with E-state index in [-0.39, 0.29) is 22.7 Å². The number of benzene rings is 3. The van der Waals surface area contributed by atoms with Gasteiger partial charge >= 0.3 is 0 Å². The number of thiocarbonyl (C=S) groups is 1. The number of hydrogen-bond acceptors (Lipinski definition) is 4. The molecular weight excluding hydrogens is 422 g/mol. The number of rotatable bonds is 5. The molecule has 4 rings (SSSR count). The van der Waals surface area contributed by atoms with Gasteiger partial charge in [-0.25, -0.2) is 0 Å². The molecule has 0 saturated carbocycles. The summed E-state index contributed by atoms with van der Waals surface area (Å²) in [6.07, 6.45) is 3.12. The number of amides is 2. The van der Waals surface area contributed by atoms with E-state index in [9.17, 15) is 9.59 Å². The third-order valence-electron chi connectivity index (χ3n) is 4.51. The quantitative estimate of drug-likeness (QED) is 0.292. The number of para-hydroxylation sites is 1. The molecule has 158 valence electrons. The Kier molecular flexibility index (Phi) is 6.38. The van der Waals surface area contributed by atoms with Gasteiger partial charge in [-0.2, -0.15) is 0 Å². The van der Waals surface area contributed by atoms with Gasteiger partial charge in [0.15, 0.2) is 10.9 Å². The van der Waals surface area contributed by atoms with Crippen molar-refractivity contribution in [1.82, 2.24) is 5.32 Å². The third kappa shape index (κ3) is 5.47. The second-order valence-electron chi connectivity index (χ2n) is 6.87. The van der Waals surface area contributed by atoms with Crippen LogP contribution in [-0.2, 0) is 4.79 Å². The topological polar surface area (TPSA) is 83.4 Å². The summed E-state index contributed by atoms with van der Waals surface area (Å²) in [4.78, 5) is 24.4. The SMILES string of the molecule is O=C(/C=C/c1ccccc1)NC(=S)Nc1ccc(NC(=O)c2cc3ccccc3o2)cc1. The average molecular weight is 442 g/mol. The molecule has 0 spiro atoms. The van der Waals surface area contributed by atoms with E-state index >= 15 is 0 Å². The van der Waals surface area contributed by atoms with Gasteiger partial charge in [0.25, 0.3) is 5.91 Å². The highest BCUT2D eigenvalue weighted by Crippen LogP contribution is 2.20. The van der Waals surface area contributed by atoms with Crippen molar-refractivity contribution in [3.63, 3.8) is 0 Å². The smallest absolute Gasteiger partial charge is 0.291 e. The van der Waals surface area contributed by atoms with Crippen molar-refractivity contribution in [3.8, 4) is 0 Å². The highest BCUT2D eigenvalue weighted by Gasteiger charge is 2.12. The fourth-order valence-electron chi connectivity index (χ4n) is 2.98. The molecule has 0 aliphatic heterocycles. The Morgan fingerprint density at radius 2 is 1.47 bits per heavy atom. The van der Waals surface area contributed by atoms with E-state index in [2.05, 4.69) is 16.0 Å². The van der Waals surface area contributed by atoms with Gasteiger partial charge in [0.2, 0.25) is 5.91 Å². The van der Waals surface area contributed by atoms with Gasteiger partial charge in [0.05, 0.1) is 0 Å². The van der Waals surface area contributed by atoms with Crippen LogP contribution >= 0.6 is 12.2 Å². The Bertz CT molecular complexity index is 1260. The molecule has 4 aromatic rings. The summed E-state index contributed by atoms with van der Waals surface area (Å²) < 4.78 is 5.58. The van der Waals surface area contributed by atoms with Crippen LogP contribution in [0.3, 0.4) is 0 Å². The largest absolute Gasteiger partial charge is 0.451 e. The van der Waals surface area contributed by atoms with E-state index in [1.165, 1.54) is 6.08 Å². The molecule has 0 bridgehead atoms. The van der Waals surface area contributed by atoms with Crippen LogP contribution in [-0.4, -0.2) is 16.9 Å². The van der Waals surface area contributed by atoms with Gasteiger partial charge < -0.3 is 15.1 Å². The van der Waals surface area contributed by atoms with Crippen LogP contribution in [0.1, 0.15) is 16.1 Å². The summed E-state index contributed by atoms with van der Waals surface area (Å²) in [5.41, 5.74) is 2.85. The predicted octanol–water partition coefficient (Wildman–Crippen LogP) is 5.21. The molecule has 0 unspecified atom stereocenters. The maximum absolute atomic E-state index is 12.4. The number of anilines is 2. The first-order chi connectivity index (χ1) is 15.6. The number of carbonyl (C=O) groups is 2. The Morgan fingerprint density at radius 3 is 2.19 bits per heavy atom. The van der Waals surface area contributed by atoms with Crippen LogP contribution in [0.25, 0.3) is 17.0 Å². The fraction of sp³-hybridized carbons (Fsp3) is 0.